The Hall–Kier alpha value is -4.08. The molecule has 0 aliphatic carbocycles. The number of rotatable bonds is 5. The molecule has 0 atom stereocenters. The van der Waals surface area contributed by atoms with Crippen LogP contribution in [0.15, 0.2) is 70.4 Å². The zero-order chi connectivity index (χ0) is 23.8. The normalized spacial score (nSPS) is 11.5. The molecule has 0 fully saturated rings. The number of pyridine rings is 1. The first kappa shape index (κ1) is 22.1. The maximum absolute atomic E-state index is 13.1. The van der Waals surface area contributed by atoms with E-state index in [0.717, 1.165) is 22.4 Å². The van der Waals surface area contributed by atoms with Gasteiger partial charge in [0.05, 0.1) is 11.1 Å². The molecule has 0 spiro atoms. The number of nitrogens with one attached hydrogen (secondary N) is 1. The van der Waals surface area contributed by atoms with Crippen molar-refractivity contribution in [1.82, 2.24) is 14.3 Å². The lowest BCUT2D eigenvalue weighted by Gasteiger charge is -2.14. The Morgan fingerprint density at radius 3 is 2.30 bits per heavy atom. The van der Waals surface area contributed by atoms with Gasteiger partial charge in [0, 0.05) is 18.6 Å². The third kappa shape index (κ3) is 4.59. The van der Waals surface area contributed by atoms with Crippen molar-refractivity contribution in [2.24, 2.45) is 7.05 Å². The van der Waals surface area contributed by atoms with E-state index in [0.29, 0.717) is 17.2 Å². The van der Waals surface area contributed by atoms with Gasteiger partial charge in [-0.15, -0.1) is 18.3 Å². The first-order valence-corrected chi connectivity index (χ1v) is 10.0. The van der Waals surface area contributed by atoms with Crippen LogP contribution in [0.5, 0.6) is 5.75 Å². The van der Waals surface area contributed by atoms with Gasteiger partial charge >= 0.3 is 6.36 Å². The van der Waals surface area contributed by atoms with Crippen molar-refractivity contribution in [3.05, 3.63) is 87.1 Å². The number of fused-ring (bicyclic) bond motifs is 1. The van der Waals surface area contributed by atoms with Crippen LogP contribution in [0.3, 0.4) is 0 Å². The summed E-state index contributed by atoms with van der Waals surface area (Å²) in [6, 6.07) is 13.2. The highest BCUT2D eigenvalue weighted by Crippen LogP contribution is 2.25. The van der Waals surface area contributed by atoms with E-state index in [9.17, 15) is 22.8 Å². The topological polar surface area (TPSA) is 78.2 Å². The van der Waals surface area contributed by atoms with Gasteiger partial charge in [-0.3, -0.25) is 9.59 Å². The standard InChI is InChI=1S/C23H19F3N4O3/c1-3-14-12-19(22(32)29(2)13-14)27-20-17-6-4-5-7-18(17)21(31)30(28-20)15-8-10-16(11-9-15)33-23(24,25)26/h4-13H,3H2,1-2H3,(H,27,28). The van der Waals surface area contributed by atoms with Crippen molar-refractivity contribution in [1.29, 1.82) is 0 Å². The Morgan fingerprint density at radius 2 is 1.67 bits per heavy atom. The largest absolute Gasteiger partial charge is 0.573 e. The Bertz CT molecular complexity index is 1440. The van der Waals surface area contributed by atoms with Crippen LogP contribution in [0.25, 0.3) is 16.5 Å². The lowest BCUT2D eigenvalue weighted by atomic mass is 10.1. The smallest absolute Gasteiger partial charge is 0.406 e. The van der Waals surface area contributed by atoms with Gasteiger partial charge in [-0.2, -0.15) is 4.68 Å². The van der Waals surface area contributed by atoms with Crippen LogP contribution in [-0.2, 0) is 13.5 Å². The number of alkyl halides is 3. The van der Waals surface area contributed by atoms with E-state index in [1.807, 2.05) is 6.92 Å². The number of hydrogen-bond acceptors (Lipinski definition) is 5. The quantitative estimate of drug-likeness (QED) is 0.485. The second-order valence-electron chi connectivity index (χ2n) is 7.31. The minimum atomic E-state index is -4.82. The maximum Gasteiger partial charge on any atom is 0.573 e. The number of nitrogens with zero attached hydrogens (tertiary/aromatic N) is 3. The van der Waals surface area contributed by atoms with Crippen molar-refractivity contribution in [2.45, 2.75) is 19.7 Å². The van der Waals surface area contributed by atoms with E-state index >= 15 is 0 Å². The number of benzene rings is 2. The third-order valence-electron chi connectivity index (χ3n) is 5.02. The predicted molar refractivity (Wildman–Crippen MR) is 118 cm³/mol. The molecule has 0 amide bonds. The van der Waals surface area contributed by atoms with Gasteiger partial charge in [0.25, 0.3) is 11.1 Å². The molecule has 7 nitrogen and oxygen atoms in total. The fourth-order valence-corrected chi connectivity index (χ4v) is 3.44. The molecule has 33 heavy (non-hydrogen) atoms. The zero-order valence-electron chi connectivity index (χ0n) is 17.7. The Labute approximate surface area is 185 Å². The molecule has 10 heteroatoms. The van der Waals surface area contributed by atoms with Gasteiger partial charge in [0.2, 0.25) is 0 Å². The molecule has 0 saturated carbocycles. The average molecular weight is 456 g/mol. The molecule has 0 aliphatic heterocycles. The van der Waals surface area contributed by atoms with Crippen molar-refractivity contribution in [3.63, 3.8) is 0 Å². The molecule has 2 aromatic carbocycles. The maximum atomic E-state index is 13.1. The first-order valence-electron chi connectivity index (χ1n) is 10.0. The summed E-state index contributed by atoms with van der Waals surface area (Å²) in [5, 5.41) is 8.24. The van der Waals surface area contributed by atoms with Crippen LogP contribution >= 0.6 is 0 Å². The van der Waals surface area contributed by atoms with Gasteiger partial charge in [0.1, 0.15) is 11.4 Å². The number of halogens is 3. The lowest BCUT2D eigenvalue weighted by molar-refractivity contribution is -0.274. The van der Waals surface area contributed by atoms with Crippen LogP contribution in [0.2, 0.25) is 0 Å². The molecule has 4 rings (SSSR count). The molecule has 2 heterocycles. The summed E-state index contributed by atoms with van der Waals surface area (Å²) >= 11 is 0. The van der Waals surface area contributed by atoms with E-state index < -0.39 is 17.7 Å². The zero-order valence-corrected chi connectivity index (χ0v) is 17.7. The van der Waals surface area contributed by atoms with Gasteiger partial charge in [-0.05, 0) is 48.4 Å². The second-order valence-corrected chi connectivity index (χ2v) is 7.31. The highest BCUT2D eigenvalue weighted by molar-refractivity contribution is 5.92. The van der Waals surface area contributed by atoms with Crippen molar-refractivity contribution >= 4 is 22.3 Å². The highest BCUT2D eigenvalue weighted by atomic mass is 19.4. The van der Waals surface area contributed by atoms with Crippen LogP contribution in [0.1, 0.15) is 12.5 Å². The summed E-state index contributed by atoms with van der Waals surface area (Å²) < 4.78 is 43.8. The number of aromatic nitrogens is 3. The Balaban J connectivity index is 1.84. The molecule has 0 unspecified atom stereocenters. The van der Waals surface area contributed by atoms with E-state index in [1.54, 1.807) is 43.6 Å². The van der Waals surface area contributed by atoms with Crippen molar-refractivity contribution < 1.29 is 17.9 Å². The van der Waals surface area contributed by atoms with Gasteiger partial charge < -0.3 is 14.6 Å². The number of ether oxygens (including phenoxy) is 1. The van der Waals surface area contributed by atoms with E-state index in [2.05, 4.69) is 15.2 Å². The van der Waals surface area contributed by atoms with Crippen molar-refractivity contribution in [3.8, 4) is 11.4 Å². The molecule has 2 aromatic heterocycles. The summed E-state index contributed by atoms with van der Waals surface area (Å²) in [5.41, 5.74) is 0.713. The monoisotopic (exact) mass is 456 g/mol. The van der Waals surface area contributed by atoms with Gasteiger partial charge in [-0.1, -0.05) is 25.1 Å². The van der Waals surface area contributed by atoms with Crippen LogP contribution in [0.4, 0.5) is 24.7 Å². The number of anilines is 2. The fourth-order valence-electron chi connectivity index (χ4n) is 3.44. The molecule has 0 aliphatic rings. The molecule has 1 N–H and O–H groups in total. The molecule has 0 radical (unpaired) electrons. The summed E-state index contributed by atoms with van der Waals surface area (Å²) in [7, 11) is 1.64. The first-order chi connectivity index (χ1) is 15.7. The Kier molecular flexibility index (Phi) is 5.67. The predicted octanol–water partition coefficient (Wildman–Crippen LogP) is 4.29. The summed E-state index contributed by atoms with van der Waals surface area (Å²) in [6.45, 7) is 1.96. The Morgan fingerprint density at radius 1 is 1.00 bits per heavy atom. The van der Waals surface area contributed by atoms with Crippen LogP contribution in [0, 0.1) is 0 Å². The summed E-state index contributed by atoms with van der Waals surface area (Å²) in [4.78, 5) is 25.7. The summed E-state index contributed by atoms with van der Waals surface area (Å²) in [6.07, 6.45) is -2.37. The van der Waals surface area contributed by atoms with Crippen LogP contribution < -0.4 is 21.2 Å². The van der Waals surface area contributed by atoms with E-state index in [-0.39, 0.29) is 22.8 Å². The SMILES string of the molecule is CCc1cc(Nc2nn(-c3ccc(OC(F)(F)F)cc3)c(=O)c3ccccc23)c(=O)n(C)c1. The number of aryl methyl sites for hydroxylation is 2. The highest BCUT2D eigenvalue weighted by Gasteiger charge is 2.31. The number of hydrogen-bond donors (Lipinski definition) is 1. The van der Waals surface area contributed by atoms with E-state index in [1.165, 1.54) is 16.7 Å². The third-order valence-corrected chi connectivity index (χ3v) is 5.02. The summed E-state index contributed by atoms with van der Waals surface area (Å²) in [5.74, 6) is -0.163. The lowest BCUT2D eigenvalue weighted by Crippen LogP contribution is -2.24. The fraction of sp³-hybridized carbons (Fsp3) is 0.174. The molecule has 170 valence electrons. The molecule has 4 aromatic rings. The second kappa shape index (κ2) is 8.45. The average Bonchev–Trinajstić information content (AvgIpc) is 2.78. The van der Waals surface area contributed by atoms with Crippen molar-refractivity contribution in [2.75, 3.05) is 5.32 Å². The minimum Gasteiger partial charge on any atom is -0.406 e. The van der Waals surface area contributed by atoms with Crippen LogP contribution in [-0.4, -0.2) is 20.7 Å². The van der Waals surface area contributed by atoms with Gasteiger partial charge in [-0.25, -0.2) is 0 Å². The molecule has 0 bridgehead atoms. The molecular formula is C23H19F3N4O3. The molecular weight excluding hydrogens is 437 g/mol. The minimum absolute atomic E-state index is 0.235. The van der Waals surface area contributed by atoms with E-state index in [4.69, 9.17) is 0 Å². The molecule has 0 saturated heterocycles. The van der Waals surface area contributed by atoms with Gasteiger partial charge in [0.15, 0.2) is 5.82 Å².